The van der Waals surface area contributed by atoms with E-state index in [0.29, 0.717) is 11.3 Å². The molecule has 9 heteroatoms. The number of hydrogen-bond donors (Lipinski definition) is 2. The normalized spacial score (nSPS) is 10.3. The Morgan fingerprint density at radius 2 is 2.30 bits per heavy atom. The van der Waals surface area contributed by atoms with Crippen molar-refractivity contribution in [1.82, 2.24) is 20.2 Å². The van der Waals surface area contributed by atoms with Gasteiger partial charge in [0, 0.05) is 0 Å². The SMILES string of the molecule is Cc1cn(Cc2cccc(C(=O)NN)n2)nc1[N+](=O)[O-]. The molecule has 1 amide bonds. The summed E-state index contributed by atoms with van der Waals surface area (Å²) < 4.78 is 1.40. The predicted octanol–water partition coefficient (Wildman–Crippen LogP) is 0.147. The summed E-state index contributed by atoms with van der Waals surface area (Å²) in [6, 6.07) is 4.86. The molecule has 0 radical (unpaired) electrons. The smallest absolute Gasteiger partial charge is 0.358 e. The van der Waals surface area contributed by atoms with E-state index >= 15 is 0 Å². The third kappa shape index (κ3) is 2.78. The fourth-order valence-corrected chi connectivity index (χ4v) is 1.71. The number of rotatable bonds is 4. The first kappa shape index (κ1) is 13.6. The predicted molar refractivity (Wildman–Crippen MR) is 68.6 cm³/mol. The van der Waals surface area contributed by atoms with Gasteiger partial charge in [-0.1, -0.05) is 6.07 Å². The molecule has 2 heterocycles. The molecule has 0 saturated heterocycles. The molecule has 0 aliphatic carbocycles. The molecule has 104 valence electrons. The van der Waals surface area contributed by atoms with Crippen LogP contribution in [-0.4, -0.2) is 25.6 Å². The molecule has 0 bridgehead atoms. The van der Waals surface area contributed by atoms with Crippen LogP contribution in [0.1, 0.15) is 21.7 Å². The highest BCUT2D eigenvalue weighted by Gasteiger charge is 2.17. The summed E-state index contributed by atoms with van der Waals surface area (Å²) >= 11 is 0. The molecular formula is C11H12N6O3. The number of amides is 1. The third-order valence-electron chi connectivity index (χ3n) is 2.59. The average Bonchev–Trinajstić information content (AvgIpc) is 2.79. The maximum Gasteiger partial charge on any atom is 0.392 e. The summed E-state index contributed by atoms with van der Waals surface area (Å²) in [6.45, 7) is 1.83. The van der Waals surface area contributed by atoms with Gasteiger partial charge >= 0.3 is 5.82 Å². The van der Waals surface area contributed by atoms with E-state index in [1.165, 1.54) is 10.7 Å². The molecule has 0 aliphatic rings. The van der Waals surface area contributed by atoms with Gasteiger partial charge in [0.15, 0.2) is 0 Å². The molecular weight excluding hydrogens is 264 g/mol. The van der Waals surface area contributed by atoms with Crippen molar-refractivity contribution in [2.45, 2.75) is 13.5 Å². The molecule has 0 aromatic carbocycles. The van der Waals surface area contributed by atoms with Gasteiger partial charge in [-0.25, -0.2) is 10.8 Å². The number of nitrogens with two attached hydrogens (primary N) is 1. The van der Waals surface area contributed by atoms with Crippen molar-refractivity contribution in [1.29, 1.82) is 0 Å². The molecule has 0 spiro atoms. The Hall–Kier alpha value is -2.81. The number of pyridine rings is 1. The molecule has 2 aromatic rings. The minimum absolute atomic E-state index is 0.170. The summed E-state index contributed by atoms with van der Waals surface area (Å²) in [4.78, 5) is 25.6. The lowest BCUT2D eigenvalue weighted by molar-refractivity contribution is -0.390. The number of carbonyl (C=O) groups is 1. The fraction of sp³-hybridized carbons (Fsp3) is 0.182. The highest BCUT2D eigenvalue weighted by molar-refractivity contribution is 5.91. The quantitative estimate of drug-likeness (QED) is 0.354. The number of nitrogen functional groups attached to an aromatic ring is 1. The molecule has 0 saturated carbocycles. The van der Waals surface area contributed by atoms with E-state index in [9.17, 15) is 14.9 Å². The lowest BCUT2D eigenvalue weighted by Crippen LogP contribution is -2.30. The number of carbonyl (C=O) groups excluding carboxylic acids is 1. The van der Waals surface area contributed by atoms with Gasteiger partial charge in [0.1, 0.15) is 12.2 Å². The van der Waals surface area contributed by atoms with E-state index in [4.69, 9.17) is 5.84 Å². The van der Waals surface area contributed by atoms with Crippen LogP contribution in [0.4, 0.5) is 5.82 Å². The summed E-state index contributed by atoms with van der Waals surface area (Å²) in [7, 11) is 0. The van der Waals surface area contributed by atoms with Gasteiger partial charge in [0.05, 0.1) is 22.6 Å². The molecule has 2 aromatic heterocycles. The zero-order valence-electron chi connectivity index (χ0n) is 10.6. The van der Waals surface area contributed by atoms with Crippen LogP contribution in [0.15, 0.2) is 24.4 Å². The third-order valence-corrected chi connectivity index (χ3v) is 2.59. The van der Waals surface area contributed by atoms with Crippen LogP contribution >= 0.6 is 0 Å². The van der Waals surface area contributed by atoms with Crippen molar-refractivity contribution in [2.75, 3.05) is 0 Å². The van der Waals surface area contributed by atoms with Gasteiger partial charge in [-0.15, -0.1) is 0 Å². The Morgan fingerprint density at radius 1 is 1.55 bits per heavy atom. The number of aryl methyl sites for hydroxylation is 1. The maximum atomic E-state index is 11.4. The van der Waals surface area contributed by atoms with Crippen molar-refractivity contribution in [3.8, 4) is 0 Å². The lowest BCUT2D eigenvalue weighted by atomic mass is 10.3. The monoisotopic (exact) mass is 276 g/mol. The molecule has 2 rings (SSSR count). The van der Waals surface area contributed by atoms with Crippen LogP contribution in [0.3, 0.4) is 0 Å². The molecule has 0 unspecified atom stereocenters. The van der Waals surface area contributed by atoms with Gasteiger partial charge in [-0.3, -0.25) is 10.2 Å². The second-order valence-electron chi connectivity index (χ2n) is 4.08. The number of nitro groups is 1. The number of hydrazine groups is 1. The minimum Gasteiger partial charge on any atom is -0.358 e. The number of nitrogens with one attached hydrogen (secondary N) is 1. The van der Waals surface area contributed by atoms with Crippen LogP contribution in [0.5, 0.6) is 0 Å². The summed E-state index contributed by atoms with van der Waals surface area (Å²) in [5.74, 6) is 4.33. The van der Waals surface area contributed by atoms with Crippen LogP contribution < -0.4 is 11.3 Å². The van der Waals surface area contributed by atoms with E-state index in [2.05, 4.69) is 10.1 Å². The summed E-state index contributed by atoms with van der Waals surface area (Å²) in [6.07, 6.45) is 1.55. The minimum atomic E-state index is -0.544. The van der Waals surface area contributed by atoms with Crippen molar-refractivity contribution in [3.63, 3.8) is 0 Å². The second-order valence-corrected chi connectivity index (χ2v) is 4.08. The number of aromatic nitrogens is 3. The van der Waals surface area contributed by atoms with Gasteiger partial charge in [-0.05, 0) is 24.0 Å². The standard InChI is InChI=1S/C11H12N6O3/c1-7-5-16(15-10(7)17(19)20)6-8-3-2-4-9(13-8)11(18)14-12/h2-5H,6,12H2,1H3,(H,14,18). The Balaban J connectivity index is 2.24. The van der Waals surface area contributed by atoms with E-state index in [1.807, 2.05) is 5.43 Å². The number of nitrogens with zero attached hydrogens (tertiary/aromatic N) is 4. The van der Waals surface area contributed by atoms with E-state index < -0.39 is 10.8 Å². The highest BCUT2D eigenvalue weighted by Crippen LogP contribution is 2.14. The lowest BCUT2D eigenvalue weighted by Gasteiger charge is -2.01. The molecule has 9 nitrogen and oxygen atoms in total. The van der Waals surface area contributed by atoms with E-state index in [1.54, 1.807) is 25.3 Å². The van der Waals surface area contributed by atoms with Crippen LogP contribution in [-0.2, 0) is 6.54 Å². The molecule has 0 atom stereocenters. The first-order valence-electron chi connectivity index (χ1n) is 5.66. The Kier molecular flexibility index (Phi) is 3.71. The van der Waals surface area contributed by atoms with Crippen LogP contribution in [0.25, 0.3) is 0 Å². The molecule has 20 heavy (non-hydrogen) atoms. The summed E-state index contributed by atoms with van der Waals surface area (Å²) in [5.41, 5.74) is 3.17. The Bertz CT molecular complexity index is 666. The van der Waals surface area contributed by atoms with Gasteiger partial charge in [0.25, 0.3) is 5.91 Å². The largest absolute Gasteiger partial charge is 0.392 e. The molecule has 3 N–H and O–H groups in total. The number of hydrogen-bond acceptors (Lipinski definition) is 6. The van der Waals surface area contributed by atoms with Crippen molar-refractivity contribution in [2.24, 2.45) is 5.84 Å². The van der Waals surface area contributed by atoms with Crippen LogP contribution in [0, 0.1) is 17.0 Å². The highest BCUT2D eigenvalue weighted by atomic mass is 16.6. The Morgan fingerprint density at radius 3 is 2.90 bits per heavy atom. The van der Waals surface area contributed by atoms with Crippen molar-refractivity contribution < 1.29 is 9.72 Å². The van der Waals surface area contributed by atoms with Crippen molar-refractivity contribution in [3.05, 3.63) is 51.5 Å². The molecule has 0 aliphatic heterocycles. The average molecular weight is 276 g/mol. The van der Waals surface area contributed by atoms with Crippen molar-refractivity contribution >= 4 is 11.7 Å². The first-order chi connectivity index (χ1) is 9.51. The topological polar surface area (TPSA) is 129 Å². The second kappa shape index (κ2) is 5.45. The molecule has 0 fully saturated rings. The van der Waals surface area contributed by atoms with Crippen LogP contribution in [0.2, 0.25) is 0 Å². The van der Waals surface area contributed by atoms with Gasteiger partial charge in [-0.2, -0.15) is 4.68 Å². The fourth-order valence-electron chi connectivity index (χ4n) is 1.71. The summed E-state index contributed by atoms with van der Waals surface area (Å²) in [5, 5.41) is 14.6. The van der Waals surface area contributed by atoms with E-state index in [-0.39, 0.29) is 18.1 Å². The first-order valence-corrected chi connectivity index (χ1v) is 5.66. The zero-order chi connectivity index (χ0) is 14.7. The Labute approximate surface area is 113 Å². The van der Waals surface area contributed by atoms with Gasteiger partial charge in [0.2, 0.25) is 0 Å². The van der Waals surface area contributed by atoms with Gasteiger partial charge < -0.3 is 10.1 Å². The zero-order valence-corrected chi connectivity index (χ0v) is 10.6. The van der Waals surface area contributed by atoms with E-state index in [0.717, 1.165) is 0 Å². The maximum absolute atomic E-state index is 11.4.